The zero-order chi connectivity index (χ0) is 12.8. The fourth-order valence-corrected chi connectivity index (χ4v) is 1.87. The van der Waals surface area contributed by atoms with Gasteiger partial charge in [-0.05, 0) is 36.4 Å². The number of nitrogens with zero attached hydrogens (tertiary/aromatic N) is 1. The van der Waals surface area contributed by atoms with Gasteiger partial charge in [-0.25, -0.2) is 0 Å². The molecule has 0 amide bonds. The van der Waals surface area contributed by atoms with E-state index in [1.807, 2.05) is 12.1 Å². The monoisotopic (exact) mass is 244 g/mol. The van der Waals surface area contributed by atoms with E-state index in [0.29, 0.717) is 0 Å². The van der Waals surface area contributed by atoms with Gasteiger partial charge in [0.2, 0.25) is 0 Å². The summed E-state index contributed by atoms with van der Waals surface area (Å²) in [5.74, 6) is 0.981. The Morgan fingerprint density at radius 2 is 1.94 bits per heavy atom. The van der Waals surface area contributed by atoms with Crippen LogP contribution < -0.4 is 10.2 Å². The van der Waals surface area contributed by atoms with Crippen molar-refractivity contribution in [3.8, 4) is 0 Å². The van der Waals surface area contributed by atoms with Crippen LogP contribution in [0.15, 0.2) is 47.1 Å². The van der Waals surface area contributed by atoms with Crippen molar-refractivity contribution in [2.75, 3.05) is 18.5 Å². The molecule has 0 unspecified atom stereocenters. The highest BCUT2D eigenvalue weighted by atomic mass is 16.3. The average Bonchev–Trinajstić information content (AvgIpc) is 2.89. The average molecular weight is 244 g/mol. The third kappa shape index (κ3) is 3.37. The van der Waals surface area contributed by atoms with Crippen LogP contribution in [-0.4, -0.2) is 13.6 Å². The van der Waals surface area contributed by atoms with Crippen LogP contribution >= 0.6 is 0 Å². The van der Waals surface area contributed by atoms with Crippen molar-refractivity contribution in [1.82, 2.24) is 5.32 Å². The van der Waals surface area contributed by atoms with Gasteiger partial charge in [0.25, 0.3) is 0 Å². The summed E-state index contributed by atoms with van der Waals surface area (Å²) in [6.45, 7) is 4.84. The predicted octanol–water partition coefficient (Wildman–Crippen LogP) is 3.03. The van der Waals surface area contributed by atoms with Gasteiger partial charge in [0.1, 0.15) is 5.76 Å². The van der Waals surface area contributed by atoms with Crippen molar-refractivity contribution in [2.45, 2.75) is 20.0 Å². The second kappa shape index (κ2) is 6.26. The van der Waals surface area contributed by atoms with E-state index in [1.165, 1.54) is 11.3 Å². The molecule has 0 spiro atoms. The first-order valence-corrected chi connectivity index (χ1v) is 6.32. The zero-order valence-corrected chi connectivity index (χ0v) is 11.0. The number of furan rings is 1. The Bertz CT molecular complexity index is 448. The Morgan fingerprint density at radius 3 is 2.56 bits per heavy atom. The maximum absolute atomic E-state index is 5.35. The first kappa shape index (κ1) is 12.7. The molecule has 3 nitrogen and oxygen atoms in total. The van der Waals surface area contributed by atoms with Crippen molar-refractivity contribution in [3.05, 3.63) is 54.0 Å². The van der Waals surface area contributed by atoms with E-state index in [9.17, 15) is 0 Å². The molecule has 1 aromatic heterocycles. The minimum atomic E-state index is 0.791. The second-order valence-corrected chi connectivity index (χ2v) is 4.38. The molecule has 0 aliphatic rings. The minimum absolute atomic E-state index is 0.791. The van der Waals surface area contributed by atoms with Gasteiger partial charge in [0.05, 0.1) is 12.8 Å². The smallest absolute Gasteiger partial charge is 0.123 e. The van der Waals surface area contributed by atoms with Gasteiger partial charge in [-0.1, -0.05) is 19.1 Å². The lowest BCUT2D eigenvalue weighted by Gasteiger charge is -2.18. The third-order valence-electron chi connectivity index (χ3n) is 2.93. The molecule has 1 N–H and O–H groups in total. The van der Waals surface area contributed by atoms with Crippen molar-refractivity contribution in [1.29, 1.82) is 0 Å². The topological polar surface area (TPSA) is 28.4 Å². The van der Waals surface area contributed by atoms with E-state index in [0.717, 1.165) is 25.4 Å². The minimum Gasteiger partial charge on any atom is -0.467 e. The van der Waals surface area contributed by atoms with Crippen molar-refractivity contribution >= 4 is 5.69 Å². The third-order valence-corrected chi connectivity index (χ3v) is 2.93. The maximum atomic E-state index is 5.35. The lowest BCUT2D eigenvalue weighted by molar-refractivity contribution is 0.507. The van der Waals surface area contributed by atoms with Gasteiger partial charge >= 0.3 is 0 Å². The SMILES string of the molecule is CCNCc1ccc(N(C)Cc2ccco2)cc1. The number of hydrogen-bond acceptors (Lipinski definition) is 3. The first-order valence-electron chi connectivity index (χ1n) is 6.32. The summed E-state index contributed by atoms with van der Waals surface area (Å²) < 4.78 is 5.35. The lowest BCUT2D eigenvalue weighted by Crippen LogP contribution is -2.16. The molecule has 2 rings (SSSR count). The first-order chi connectivity index (χ1) is 8.79. The summed E-state index contributed by atoms with van der Waals surface area (Å²) in [6, 6.07) is 12.5. The predicted molar refractivity (Wildman–Crippen MR) is 74.6 cm³/mol. The molecule has 0 bridgehead atoms. The molecule has 3 heteroatoms. The Labute approximate surface area is 108 Å². The van der Waals surface area contributed by atoms with Crippen LogP contribution in [0, 0.1) is 0 Å². The largest absolute Gasteiger partial charge is 0.467 e. The molecule has 1 aromatic carbocycles. The van der Waals surface area contributed by atoms with E-state index < -0.39 is 0 Å². The van der Waals surface area contributed by atoms with Crippen LogP contribution in [0.2, 0.25) is 0 Å². The quantitative estimate of drug-likeness (QED) is 0.846. The van der Waals surface area contributed by atoms with Gasteiger partial charge in [-0.3, -0.25) is 0 Å². The van der Waals surface area contributed by atoms with Gasteiger partial charge in [0.15, 0.2) is 0 Å². The summed E-state index contributed by atoms with van der Waals surface area (Å²) in [5.41, 5.74) is 2.51. The molecule has 2 aromatic rings. The molecule has 0 saturated heterocycles. The van der Waals surface area contributed by atoms with Crippen LogP contribution in [-0.2, 0) is 13.1 Å². The highest BCUT2D eigenvalue weighted by molar-refractivity contribution is 5.47. The van der Waals surface area contributed by atoms with Gasteiger partial charge in [0, 0.05) is 19.3 Å². The molecule has 0 fully saturated rings. The van der Waals surface area contributed by atoms with E-state index in [-0.39, 0.29) is 0 Å². The standard InChI is InChI=1S/C15H20N2O/c1-3-16-11-13-6-8-14(9-7-13)17(2)12-15-5-4-10-18-15/h4-10,16H,3,11-12H2,1-2H3. The van der Waals surface area contributed by atoms with Crippen molar-refractivity contribution in [2.24, 2.45) is 0 Å². The number of hydrogen-bond donors (Lipinski definition) is 1. The van der Waals surface area contributed by atoms with Gasteiger partial charge in [-0.2, -0.15) is 0 Å². The molecule has 1 heterocycles. The Balaban J connectivity index is 1.96. The van der Waals surface area contributed by atoms with Crippen LogP contribution in [0.25, 0.3) is 0 Å². The molecular weight excluding hydrogens is 224 g/mol. The molecule has 0 aliphatic carbocycles. The molecular formula is C15H20N2O. The normalized spacial score (nSPS) is 10.6. The van der Waals surface area contributed by atoms with E-state index in [1.54, 1.807) is 6.26 Å². The van der Waals surface area contributed by atoms with Crippen molar-refractivity contribution in [3.63, 3.8) is 0 Å². The lowest BCUT2D eigenvalue weighted by atomic mass is 10.2. The van der Waals surface area contributed by atoms with Crippen molar-refractivity contribution < 1.29 is 4.42 Å². The molecule has 0 radical (unpaired) electrons. The molecule has 0 atom stereocenters. The highest BCUT2D eigenvalue weighted by Gasteiger charge is 2.03. The van der Waals surface area contributed by atoms with Gasteiger partial charge < -0.3 is 14.6 Å². The summed E-state index contributed by atoms with van der Waals surface area (Å²) in [7, 11) is 2.07. The highest BCUT2D eigenvalue weighted by Crippen LogP contribution is 2.16. The fraction of sp³-hybridized carbons (Fsp3) is 0.333. The fourth-order valence-electron chi connectivity index (χ4n) is 1.87. The van der Waals surface area contributed by atoms with Crippen LogP contribution in [0.5, 0.6) is 0 Å². The van der Waals surface area contributed by atoms with Crippen LogP contribution in [0.1, 0.15) is 18.2 Å². The Hall–Kier alpha value is -1.74. The number of anilines is 1. The molecule has 18 heavy (non-hydrogen) atoms. The molecule has 0 aliphatic heterocycles. The molecule has 0 saturated carbocycles. The molecule has 96 valence electrons. The zero-order valence-electron chi connectivity index (χ0n) is 11.0. The number of nitrogens with one attached hydrogen (secondary N) is 1. The number of benzene rings is 1. The van der Waals surface area contributed by atoms with Gasteiger partial charge in [-0.15, -0.1) is 0 Å². The second-order valence-electron chi connectivity index (χ2n) is 4.38. The summed E-state index contributed by atoms with van der Waals surface area (Å²) in [6.07, 6.45) is 1.71. The maximum Gasteiger partial charge on any atom is 0.123 e. The van der Waals surface area contributed by atoms with Crippen LogP contribution in [0.4, 0.5) is 5.69 Å². The summed E-state index contributed by atoms with van der Waals surface area (Å²) in [4.78, 5) is 2.18. The Kier molecular flexibility index (Phi) is 4.42. The number of rotatable bonds is 6. The summed E-state index contributed by atoms with van der Waals surface area (Å²) in [5, 5.41) is 3.32. The van der Waals surface area contributed by atoms with E-state index >= 15 is 0 Å². The van der Waals surface area contributed by atoms with E-state index in [2.05, 4.69) is 48.5 Å². The van der Waals surface area contributed by atoms with Crippen LogP contribution in [0.3, 0.4) is 0 Å². The van der Waals surface area contributed by atoms with E-state index in [4.69, 9.17) is 4.42 Å². The summed E-state index contributed by atoms with van der Waals surface area (Å²) >= 11 is 0. The Morgan fingerprint density at radius 1 is 1.17 bits per heavy atom.